The second kappa shape index (κ2) is 5.82. The van der Waals surface area contributed by atoms with E-state index in [0.717, 1.165) is 10.9 Å². The average Bonchev–Trinajstić information content (AvgIpc) is 2.88. The Kier molecular flexibility index (Phi) is 3.99. The number of nitrogens with zero attached hydrogens (tertiary/aromatic N) is 1. The number of hydrogen-bond acceptors (Lipinski definition) is 3. The molecular weight excluding hydrogens is 316 g/mol. The number of hydrogen-bond donors (Lipinski definition) is 2. The molecule has 1 aliphatic rings. The van der Waals surface area contributed by atoms with Crippen molar-refractivity contribution >= 4 is 26.9 Å². The van der Waals surface area contributed by atoms with Gasteiger partial charge in [-0.1, -0.05) is 18.2 Å². The summed E-state index contributed by atoms with van der Waals surface area (Å²) >= 11 is 0. The predicted octanol–water partition coefficient (Wildman–Crippen LogP) is 1.88. The molecule has 2 aromatic rings. The number of rotatable bonds is 4. The van der Waals surface area contributed by atoms with E-state index >= 15 is 0 Å². The fourth-order valence-electron chi connectivity index (χ4n) is 2.85. The van der Waals surface area contributed by atoms with Crippen LogP contribution in [0, 0.1) is 5.92 Å². The van der Waals surface area contributed by atoms with Crippen LogP contribution in [0.2, 0.25) is 0 Å². The van der Waals surface area contributed by atoms with Crippen LogP contribution in [0.25, 0.3) is 10.9 Å². The SMILES string of the molecule is Cn1ccc2ccc(S(=O)(=O)N[C@H]3C=CC[C@H](C(=O)O)C3)cc21. The summed E-state index contributed by atoms with van der Waals surface area (Å²) in [4.78, 5) is 11.3. The van der Waals surface area contributed by atoms with Crippen LogP contribution in [0.15, 0.2) is 47.5 Å². The van der Waals surface area contributed by atoms with Gasteiger partial charge in [-0.3, -0.25) is 4.79 Å². The molecule has 122 valence electrons. The van der Waals surface area contributed by atoms with Gasteiger partial charge in [0.15, 0.2) is 0 Å². The molecule has 0 saturated heterocycles. The van der Waals surface area contributed by atoms with E-state index in [0.29, 0.717) is 6.42 Å². The minimum atomic E-state index is -3.70. The summed E-state index contributed by atoms with van der Waals surface area (Å²) in [6.07, 6.45) is 6.00. The molecule has 3 rings (SSSR count). The van der Waals surface area contributed by atoms with Gasteiger partial charge in [-0.05, 0) is 36.4 Å². The zero-order chi connectivity index (χ0) is 16.6. The quantitative estimate of drug-likeness (QED) is 0.836. The Morgan fingerprint density at radius 1 is 1.35 bits per heavy atom. The molecule has 0 radical (unpaired) electrons. The standard InChI is InChI=1S/C16H18N2O4S/c1-18-8-7-11-5-6-14(10-15(11)18)23(21,22)17-13-4-2-3-12(9-13)16(19)20/h2,4-8,10,12-13,17H,3,9H2,1H3,(H,19,20)/t12-,13-/m0/s1. The van der Waals surface area contributed by atoms with E-state index in [1.54, 1.807) is 30.4 Å². The highest BCUT2D eigenvalue weighted by Crippen LogP contribution is 2.23. The van der Waals surface area contributed by atoms with Crippen LogP contribution in [0.1, 0.15) is 12.8 Å². The number of carbonyl (C=O) groups is 1. The van der Waals surface area contributed by atoms with Crippen molar-refractivity contribution in [2.45, 2.75) is 23.8 Å². The number of aryl methyl sites for hydroxylation is 1. The van der Waals surface area contributed by atoms with Crippen LogP contribution in [-0.4, -0.2) is 30.1 Å². The van der Waals surface area contributed by atoms with Gasteiger partial charge in [-0.15, -0.1) is 0 Å². The fraction of sp³-hybridized carbons (Fsp3) is 0.312. The van der Waals surface area contributed by atoms with Gasteiger partial charge in [0.05, 0.1) is 10.8 Å². The summed E-state index contributed by atoms with van der Waals surface area (Å²) < 4.78 is 29.5. The van der Waals surface area contributed by atoms with E-state index in [1.165, 1.54) is 0 Å². The molecule has 23 heavy (non-hydrogen) atoms. The number of carboxylic acid groups (broad SMARTS) is 1. The van der Waals surface area contributed by atoms with Gasteiger partial charge < -0.3 is 9.67 Å². The van der Waals surface area contributed by atoms with Crippen molar-refractivity contribution in [2.75, 3.05) is 0 Å². The first-order valence-corrected chi connectivity index (χ1v) is 8.82. The van der Waals surface area contributed by atoms with E-state index in [4.69, 9.17) is 5.11 Å². The molecule has 2 atom stereocenters. The summed E-state index contributed by atoms with van der Waals surface area (Å²) in [5, 5.41) is 10.1. The molecule has 2 N–H and O–H groups in total. The van der Waals surface area contributed by atoms with Crippen molar-refractivity contribution in [3.8, 4) is 0 Å². The Bertz CT molecular complexity index is 883. The Labute approximate surface area is 134 Å². The summed E-state index contributed by atoms with van der Waals surface area (Å²) in [6, 6.07) is 6.37. The first-order valence-electron chi connectivity index (χ1n) is 7.34. The van der Waals surface area contributed by atoms with Crippen LogP contribution in [-0.2, 0) is 21.9 Å². The fourth-order valence-corrected chi connectivity index (χ4v) is 4.08. The number of aromatic nitrogens is 1. The van der Waals surface area contributed by atoms with Crippen molar-refractivity contribution in [3.05, 3.63) is 42.6 Å². The lowest BCUT2D eigenvalue weighted by molar-refractivity contribution is -0.142. The van der Waals surface area contributed by atoms with Crippen molar-refractivity contribution in [1.82, 2.24) is 9.29 Å². The molecule has 1 heterocycles. The topological polar surface area (TPSA) is 88.4 Å². The molecular formula is C16H18N2O4S. The molecule has 0 amide bonds. The minimum Gasteiger partial charge on any atom is -0.481 e. The maximum Gasteiger partial charge on any atom is 0.306 e. The lowest BCUT2D eigenvalue weighted by atomic mass is 9.92. The first-order chi connectivity index (χ1) is 10.9. The molecule has 0 saturated carbocycles. The highest BCUT2D eigenvalue weighted by Gasteiger charge is 2.27. The Balaban J connectivity index is 1.85. The molecule has 6 nitrogen and oxygen atoms in total. The minimum absolute atomic E-state index is 0.178. The number of benzene rings is 1. The van der Waals surface area contributed by atoms with E-state index in [-0.39, 0.29) is 11.3 Å². The number of fused-ring (bicyclic) bond motifs is 1. The maximum atomic E-state index is 12.6. The number of allylic oxidation sites excluding steroid dienone is 1. The van der Waals surface area contributed by atoms with Crippen LogP contribution < -0.4 is 4.72 Å². The van der Waals surface area contributed by atoms with Crippen LogP contribution >= 0.6 is 0 Å². The summed E-state index contributed by atoms with van der Waals surface area (Å²) in [5.41, 5.74) is 0.829. The molecule has 0 fully saturated rings. The van der Waals surface area contributed by atoms with E-state index in [1.807, 2.05) is 23.9 Å². The second-order valence-electron chi connectivity index (χ2n) is 5.81. The van der Waals surface area contributed by atoms with Crippen LogP contribution in [0.3, 0.4) is 0 Å². The Hall–Kier alpha value is -2.12. The molecule has 0 aliphatic heterocycles. The summed E-state index contributed by atoms with van der Waals surface area (Å²) in [5.74, 6) is -1.45. The van der Waals surface area contributed by atoms with Crippen molar-refractivity contribution in [3.63, 3.8) is 0 Å². The zero-order valence-electron chi connectivity index (χ0n) is 12.6. The molecule has 0 unspecified atom stereocenters. The molecule has 1 aromatic carbocycles. The monoisotopic (exact) mass is 334 g/mol. The molecule has 7 heteroatoms. The molecule has 1 aliphatic carbocycles. The number of nitrogens with one attached hydrogen (secondary N) is 1. The largest absolute Gasteiger partial charge is 0.481 e. The van der Waals surface area contributed by atoms with Gasteiger partial charge in [0.25, 0.3) is 0 Å². The second-order valence-corrected chi connectivity index (χ2v) is 7.52. The third-order valence-electron chi connectivity index (χ3n) is 4.15. The third-order valence-corrected chi connectivity index (χ3v) is 5.64. The molecule has 1 aromatic heterocycles. The van der Waals surface area contributed by atoms with Gasteiger partial charge in [0.2, 0.25) is 10.0 Å². The predicted molar refractivity (Wildman–Crippen MR) is 86.5 cm³/mol. The van der Waals surface area contributed by atoms with Gasteiger partial charge in [-0.25, -0.2) is 13.1 Å². The first kappa shape index (κ1) is 15.8. The van der Waals surface area contributed by atoms with Gasteiger partial charge in [-0.2, -0.15) is 0 Å². The number of aliphatic carboxylic acids is 1. The van der Waals surface area contributed by atoms with E-state index < -0.39 is 28.0 Å². The summed E-state index contributed by atoms with van der Waals surface area (Å²) in [7, 11) is -1.85. The number of carboxylic acids is 1. The van der Waals surface area contributed by atoms with Gasteiger partial charge in [0, 0.05) is 24.8 Å². The van der Waals surface area contributed by atoms with E-state index in [2.05, 4.69) is 4.72 Å². The van der Waals surface area contributed by atoms with Gasteiger partial charge in [0.1, 0.15) is 0 Å². The third kappa shape index (κ3) is 3.16. The highest BCUT2D eigenvalue weighted by atomic mass is 32.2. The lowest BCUT2D eigenvalue weighted by Crippen LogP contribution is -2.37. The highest BCUT2D eigenvalue weighted by molar-refractivity contribution is 7.89. The van der Waals surface area contributed by atoms with Crippen LogP contribution in [0.4, 0.5) is 0 Å². The van der Waals surface area contributed by atoms with Gasteiger partial charge >= 0.3 is 5.97 Å². The lowest BCUT2D eigenvalue weighted by Gasteiger charge is -2.22. The smallest absolute Gasteiger partial charge is 0.306 e. The molecule has 0 spiro atoms. The van der Waals surface area contributed by atoms with Crippen molar-refractivity contribution < 1.29 is 18.3 Å². The normalized spacial score (nSPS) is 21.6. The number of sulfonamides is 1. The Morgan fingerprint density at radius 3 is 2.87 bits per heavy atom. The van der Waals surface area contributed by atoms with E-state index in [9.17, 15) is 13.2 Å². The maximum absolute atomic E-state index is 12.6. The van der Waals surface area contributed by atoms with Crippen molar-refractivity contribution in [2.24, 2.45) is 13.0 Å². The van der Waals surface area contributed by atoms with Crippen molar-refractivity contribution in [1.29, 1.82) is 0 Å². The average molecular weight is 334 g/mol. The Morgan fingerprint density at radius 2 is 2.13 bits per heavy atom. The van der Waals surface area contributed by atoms with Crippen LogP contribution in [0.5, 0.6) is 0 Å². The summed E-state index contributed by atoms with van der Waals surface area (Å²) in [6.45, 7) is 0. The zero-order valence-corrected chi connectivity index (χ0v) is 13.5. The molecule has 0 bridgehead atoms.